The molecule has 24 heavy (non-hydrogen) atoms. The summed E-state index contributed by atoms with van der Waals surface area (Å²) >= 11 is 0. The lowest BCUT2D eigenvalue weighted by Gasteiger charge is -2.22. The number of hydrogen-bond donors (Lipinski definition) is 2. The lowest BCUT2D eigenvalue weighted by molar-refractivity contribution is 0.355. The predicted octanol–water partition coefficient (Wildman–Crippen LogP) is 6.09. The van der Waals surface area contributed by atoms with E-state index in [-0.39, 0.29) is 12.4 Å². The number of rotatable bonds is 16. The summed E-state index contributed by atoms with van der Waals surface area (Å²) in [7, 11) is 0. The molecule has 0 radical (unpaired) electrons. The number of hydrogen-bond acceptors (Lipinski definition) is 2. The van der Waals surface area contributed by atoms with E-state index in [1.54, 1.807) is 0 Å². The summed E-state index contributed by atoms with van der Waals surface area (Å²) in [5.74, 6) is 0.929. The zero-order chi connectivity index (χ0) is 16.4. The van der Waals surface area contributed by atoms with Crippen molar-refractivity contribution in [3.8, 4) is 0 Å². The van der Waals surface area contributed by atoms with Crippen LogP contribution in [0.4, 0.5) is 0 Å². The zero-order valence-corrected chi connectivity index (χ0v) is 17.2. The fraction of sp³-hybridized carbons (Fsp3) is 1.00. The number of unbranched alkanes of at least 4 members (excludes halogenated alkanes) is 12. The first-order valence-corrected chi connectivity index (χ1v) is 10.8. The van der Waals surface area contributed by atoms with Crippen molar-refractivity contribution >= 4 is 12.4 Å². The van der Waals surface area contributed by atoms with E-state index in [2.05, 4.69) is 17.6 Å². The second-order valence-electron chi connectivity index (χ2n) is 7.64. The van der Waals surface area contributed by atoms with Crippen LogP contribution in [0.25, 0.3) is 0 Å². The molecule has 0 unspecified atom stereocenters. The highest BCUT2D eigenvalue weighted by molar-refractivity contribution is 5.85. The number of halogens is 1. The van der Waals surface area contributed by atoms with Crippen molar-refractivity contribution in [3.63, 3.8) is 0 Å². The maximum Gasteiger partial charge on any atom is -0.00196 e. The fourth-order valence-electron chi connectivity index (χ4n) is 3.66. The van der Waals surface area contributed by atoms with E-state index in [1.165, 1.54) is 122 Å². The molecule has 1 aliphatic rings. The molecule has 0 bridgehead atoms. The maximum absolute atomic E-state index is 3.67. The Bertz CT molecular complexity index is 230. The maximum atomic E-state index is 3.67. The summed E-state index contributed by atoms with van der Waals surface area (Å²) in [5, 5.41) is 7.11. The van der Waals surface area contributed by atoms with Crippen molar-refractivity contribution in [1.82, 2.24) is 10.6 Å². The van der Waals surface area contributed by atoms with Gasteiger partial charge in [0.25, 0.3) is 0 Å². The van der Waals surface area contributed by atoms with E-state index in [0.717, 1.165) is 5.92 Å². The van der Waals surface area contributed by atoms with Gasteiger partial charge in [-0.2, -0.15) is 0 Å². The van der Waals surface area contributed by atoms with Crippen LogP contribution in [0.5, 0.6) is 0 Å². The molecular formula is C21H45ClN2. The van der Waals surface area contributed by atoms with Gasteiger partial charge in [0.2, 0.25) is 0 Å². The molecule has 0 saturated carbocycles. The first kappa shape index (κ1) is 24.2. The summed E-state index contributed by atoms with van der Waals surface area (Å²) < 4.78 is 0. The Labute approximate surface area is 158 Å². The SMILES string of the molecule is CCCCCCCCCCCCCCCNCC1CCNCC1.Cl. The Morgan fingerprint density at radius 1 is 0.708 bits per heavy atom. The van der Waals surface area contributed by atoms with Gasteiger partial charge in [-0.1, -0.05) is 84.0 Å². The number of piperidine rings is 1. The Morgan fingerprint density at radius 2 is 1.17 bits per heavy atom. The van der Waals surface area contributed by atoms with Gasteiger partial charge in [-0.25, -0.2) is 0 Å². The highest BCUT2D eigenvalue weighted by Crippen LogP contribution is 2.12. The van der Waals surface area contributed by atoms with Gasteiger partial charge in [-0.05, 0) is 51.4 Å². The minimum atomic E-state index is 0. The van der Waals surface area contributed by atoms with Crippen LogP contribution >= 0.6 is 12.4 Å². The number of nitrogens with one attached hydrogen (secondary N) is 2. The smallest absolute Gasteiger partial charge is 0.00196 e. The first-order chi connectivity index (χ1) is 11.4. The topological polar surface area (TPSA) is 24.1 Å². The third-order valence-electron chi connectivity index (χ3n) is 5.35. The molecule has 1 heterocycles. The van der Waals surface area contributed by atoms with Crippen LogP contribution in [0.15, 0.2) is 0 Å². The molecule has 2 nitrogen and oxygen atoms in total. The Morgan fingerprint density at radius 3 is 1.67 bits per heavy atom. The van der Waals surface area contributed by atoms with E-state index < -0.39 is 0 Å². The standard InChI is InChI=1S/C21H44N2.ClH/c1-2-3-4-5-6-7-8-9-10-11-12-13-14-17-23-20-21-15-18-22-19-16-21;/h21-23H,2-20H2,1H3;1H. The summed E-state index contributed by atoms with van der Waals surface area (Å²) in [4.78, 5) is 0. The van der Waals surface area contributed by atoms with Gasteiger partial charge in [-0.3, -0.25) is 0 Å². The van der Waals surface area contributed by atoms with Crippen LogP contribution in [0.2, 0.25) is 0 Å². The van der Waals surface area contributed by atoms with Crippen molar-refractivity contribution in [3.05, 3.63) is 0 Å². The van der Waals surface area contributed by atoms with Gasteiger partial charge in [0, 0.05) is 0 Å². The summed E-state index contributed by atoms with van der Waals surface area (Å²) in [6.07, 6.45) is 21.6. The van der Waals surface area contributed by atoms with E-state index in [4.69, 9.17) is 0 Å². The van der Waals surface area contributed by atoms with Crippen LogP contribution in [-0.4, -0.2) is 26.2 Å². The van der Waals surface area contributed by atoms with E-state index in [9.17, 15) is 0 Å². The van der Waals surface area contributed by atoms with Crippen LogP contribution in [0.3, 0.4) is 0 Å². The third kappa shape index (κ3) is 15.7. The first-order valence-electron chi connectivity index (χ1n) is 10.8. The lowest BCUT2D eigenvalue weighted by Crippen LogP contribution is -2.33. The van der Waals surface area contributed by atoms with Crippen LogP contribution < -0.4 is 10.6 Å². The molecule has 146 valence electrons. The molecule has 0 amide bonds. The van der Waals surface area contributed by atoms with Gasteiger partial charge < -0.3 is 10.6 Å². The van der Waals surface area contributed by atoms with E-state index in [1.807, 2.05) is 0 Å². The van der Waals surface area contributed by atoms with Gasteiger partial charge in [-0.15, -0.1) is 12.4 Å². The summed E-state index contributed by atoms with van der Waals surface area (Å²) in [6.45, 7) is 7.24. The molecule has 2 N–H and O–H groups in total. The summed E-state index contributed by atoms with van der Waals surface area (Å²) in [5.41, 5.74) is 0. The molecule has 1 saturated heterocycles. The second-order valence-corrected chi connectivity index (χ2v) is 7.64. The van der Waals surface area contributed by atoms with Crippen LogP contribution in [0.1, 0.15) is 103 Å². The molecule has 1 aliphatic heterocycles. The van der Waals surface area contributed by atoms with Crippen molar-refractivity contribution in [2.24, 2.45) is 5.92 Å². The van der Waals surface area contributed by atoms with Gasteiger partial charge in [0.05, 0.1) is 0 Å². The van der Waals surface area contributed by atoms with Crippen molar-refractivity contribution in [2.75, 3.05) is 26.2 Å². The molecule has 0 aromatic heterocycles. The molecule has 1 fully saturated rings. The molecule has 1 rings (SSSR count). The van der Waals surface area contributed by atoms with Gasteiger partial charge >= 0.3 is 0 Å². The van der Waals surface area contributed by atoms with Gasteiger partial charge in [0.1, 0.15) is 0 Å². The highest BCUT2D eigenvalue weighted by atomic mass is 35.5. The molecule has 3 heteroatoms. The minimum absolute atomic E-state index is 0. The van der Waals surface area contributed by atoms with Crippen molar-refractivity contribution in [2.45, 2.75) is 103 Å². The van der Waals surface area contributed by atoms with Crippen LogP contribution in [0, 0.1) is 5.92 Å². The van der Waals surface area contributed by atoms with Gasteiger partial charge in [0.15, 0.2) is 0 Å². The quantitative estimate of drug-likeness (QED) is 0.325. The van der Waals surface area contributed by atoms with Crippen molar-refractivity contribution in [1.29, 1.82) is 0 Å². The fourth-order valence-corrected chi connectivity index (χ4v) is 3.66. The van der Waals surface area contributed by atoms with Crippen LogP contribution in [-0.2, 0) is 0 Å². The minimum Gasteiger partial charge on any atom is -0.317 e. The Kier molecular flexibility index (Phi) is 19.7. The molecule has 0 aromatic carbocycles. The summed E-state index contributed by atoms with van der Waals surface area (Å²) in [6, 6.07) is 0. The molecule has 0 aliphatic carbocycles. The monoisotopic (exact) mass is 360 g/mol. The van der Waals surface area contributed by atoms with E-state index in [0.29, 0.717) is 0 Å². The predicted molar refractivity (Wildman–Crippen MR) is 111 cm³/mol. The highest BCUT2D eigenvalue weighted by Gasteiger charge is 2.11. The average Bonchev–Trinajstić information content (AvgIpc) is 2.59. The zero-order valence-electron chi connectivity index (χ0n) is 16.4. The molecule has 0 aromatic rings. The third-order valence-corrected chi connectivity index (χ3v) is 5.35. The molecule has 0 spiro atoms. The normalized spacial score (nSPS) is 15.4. The Balaban J connectivity index is 0.00000529. The molecule has 0 atom stereocenters. The largest absolute Gasteiger partial charge is 0.317 e. The lowest BCUT2D eigenvalue weighted by atomic mass is 9.98. The average molecular weight is 361 g/mol. The van der Waals surface area contributed by atoms with E-state index >= 15 is 0 Å². The second kappa shape index (κ2) is 19.5. The van der Waals surface area contributed by atoms with Crippen molar-refractivity contribution < 1.29 is 0 Å². The Hall–Kier alpha value is 0.210. The molecular weight excluding hydrogens is 316 g/mol.